The summed E-state index contributed by atoms with van der Waals surface area (Å²) in [6.07, 6.45) is 3.06. The third-order valence-electron chi connectivity index (χ3n) is 2.48. The van der Waals surface area contributed by atoms with Gasteiger partial charge >= 0.3 is 6.09 Å². The van der Waals surface area contributed by atoms with Crippen molar-refractivity contribution in [1.29, 1.82) is 0 Å². The zero-order valence-electron chi connectivity index (χ0n) is 8.24. The van der Waals surface area contributed by atoms with Gasteiger partial charge in [-0.05, 0) is 12.8 Å². The van der Waals surface area contributed by atoms with Gasteiger partial charge in [-0.15, -0.1) is 0 Å². The van der Waals surface area contributed by atoms with E-state index in [9.17, 15) is 9.90 Å². The highest BCUT2D eigenvalue weighted by Gasteiger charge is 2.21. The number of ether oxygens (including phenoxy) is 1. The van der Waals surface area contributed by atoms with Crippen molar-refractivity contribution in [1.82, 2.24) is 5.32 Å². The van der Waals surface area contributed by atoms with E-state index in [1.165, 1.54) is 0 Å². The van der Waals surface area contributed by atoms with Crippen LogP contribution in [-0.4, -0.2) is 36.5 Å². The number of hydrogen-bond donors (Lipinski definition) is 3. The molecule has 0 aliphatic heterocycles. The molecule has 0 saturated heterocycles. The Bertz CT molecular complexity index is 187. The summed E-state index contributed by atoms with van der Waals surface area (Å²) in [6.45, 7) is 0.809. The van der Waals surface area contributed by atoms with Crippen molar-refractivity contribution in [2.24, 2.45) is 5.73 Å². The number of aliphatic hydroxyl groups is 1. The Kier molecular flexibility index (Phi) is 4.69. The number of carbonyl (C=O) groups is 1. The zero-order chi connectivity index (χ0) is 10.4. The van der Waals surface area contributed by atoms with E-state index in [0.29, 0.717) is 6.54 Å². The predicted molar refractivity (Wildman–Crippen MR) is 51.8 cm³/mol. The molecule has 0 aromatic carbocycles. The first-order valence-corrected chi connectivity index (χ1v) is 5.04. The van der Waals surface area contributed by atoms with Crippen molar-refractivity contribution >= 4 is 6.09 Å². The van der Waals surface area contributed by atoms with E-state index in [-0.39, 0.29) is 18.8 Å². The van der Waals surface area contributed by atoms with Crippen LogP contribution >= 0.6 is 0 Å². The van der Waals surface area contributed by atoms with Gasteiger partial charge < -0.3 is 20.9 Å². The molecule has 0 heterocycles. The molecule has 5 nitrogen and oxygen atoms in total. The minimum absolute atomic E-state index is 0.139. The largest absolute Gasteiger partial charge is 0.448 e. The minimum Gasteiger partial charge on any atom is -0.448 e. The van der Waals surface area contributed by atoms with E-state index in [0.717, 1.165) is 25.7 Å². The molecule has 0 spiro atoms. The number of amides is 1. The Labute approximate surface area is 83.6 Å². The van der Waals surface area contributed by atoms with Gasteiger partial charge in [-0.3, -0.25) is 0 Å². The van der Waals surface area contributed by atoms with E-state index in [2.05, 4.69) is 10.1 Å². The molecule has 1 saturated carbocycles. The number of nitrogens with one attached hydrogen (secondary N) is 1. The zero-order valence-corrected chi connectivity index (χ0v) is 8.24. The SMILES string of the molecule is NC(=O)OCCNC1CCCCC1O. The quantitative estimate of drug-likeness (QED) is 0.559. The van der Waals surface area contributed by atoms with Crippen molar-refractivity contribution in [2.75, 3.05) is 13.2 Å². The van der Waals surface area contributed by atoms with Crippen LogP contribution in [0.5, 0.6) is 0 Å². The Balaban J connectivity index is 2.07. The topological polar surface area (TPSA) is 84.6 Å². The molecule has 1 aliphatic carbocycles. The maximum Gasteiger partial charge on any atom is 0.404 e. The number of carbonyl (C=O) groups excluding carboxylic acids is 1. The van der Waals surface area contributed by atoms with E-state index in [1.54, 1.807) is 0 Å². The molecule has 14 heavy (non-hydrogen) atoms. The second-order valence-corrected chi connectivity index (χ2v) is 3.58. The Hall–Kier alpha value is -0.810. The number of nitrogens with two attached hydrogens (primary N) is 1. The lowest BCUT2D eigenvalue weighted by Gasteiger charge is -2.28. The molecule has 4 N–H and O–H groups in total. The van der Waals surface area contributed by atoms with Gasteiger partial charge in [-0.2, -0.15) is 0 Å². The van der Waals surface area contributed by atoms with Gasteiger partial charge in [0.15, 0.2) is 0 Å². The average molecular weight is 202 g/mol. The molecule has 1 rings (SSSR count). The van der Waals surface area contributed by atoms with Crippen LogP contribution in [0.4, 0.5) is 4.79 Å². The molecular weight excluding hydrogens is 184 g/mol. The molecule has 2 atom stereocenters. The maximum atomic E-state index is 10.2. The highest BCUT2D eigenvalue weighted by atomic mass is 16.5. The van der Waals surface area contributed by atoms with E-state index in [1.807, 2.05) is 0 Å². The summed E-state index contributed by atoms with van der Waals surface area (Å²) < 4.78 is 4.56. The maximum absolute atomic E-state index is 10.2. The van der Waals surface area contributed by atoms with Gasteiger partial charge in [0, 0.05) is 12.6 Å². The first kappa shape index (κ1) is 11.3. The molecule has 5 heteroatoms. The van der Waals surface area contributed by atoms with Gasteiger partial charge in [0.2, 0.25) is 0 Å². The van der Waals surface area contributed by atoms with Gasteiger partial charge in [0.05, 0.1) is 6.10 Å². The van der Waals surface area contributed by atoms with Gasteiger partial charge in [-0.1, -0.05) is 12.8 Å². The van der Waals surface area contributed by atoms with E-state index >= 15 is 0 Å². The normalized spacial score (nSPS) is 27.2. The van der Waals surface area contributed by atoms with E-state index in [4.69, 9.17) is 5.73 Å². The third-order valence-corrected chi connectivity index (χ3v) is 2.48. The summed E-state index contributed by atoms with van der Waals surface area (Å²) in [5.74, 6) is 0. The second-order valence-electron chi connectivity index (χ2n) is 3.58. The molecule has 0 aromatic heterocycles. The second kappa shape index (κ2) is 5.82. The highest BCUT2D eigenvalue weighted by Crippen LogP contribution is 2.17. The summed E-state index contributed by atoms with van der Waals surface area (Å²) in [6, 6.07) is 0.139. The summed E-state index contributed by atoms with van der Waals surface area (Å²) >= 11 is 0. The van der Waals surface area contributed by atoms with Gasteiger partial charge in [0.25, 0.3) is 0 Å². The number of primary amides is 1. The molecule has 0 radical (unpaired) electrons. The van der Waals surface area contributed by atoms with Crippen molar-refractivity contribution in [3.8, 4) is 0 Å². The van der Waals surface area contributed by atoms with Crippen LogP contribution < -0.4 is 11.1 Å². The van der Waals surface area contributed by atoms with Crippen LogP contribution in [-0.2, 0) is 4.74 Å². The van der Waals surface area contributed by atoms with Crippen molar-refractivity contribution in [2.45, 2.75) is 37.8 Å². The summed E-state index contributed by atoms with van der Waals surface area (Å²) in [5, 5.41) is 12.7. The smallest absolute Gasteiger partial charge is 0.404 e. The molecule has 0 aromatic rings. The fourth-order valence-electron chi connectivity index (χ4n) is 1.75. The number of aliphatic hydroxyl groups excluding tert-OH is 1. The van der Waals surface area contributed by atoms with Crippen LogP contribution in [0.25, 0.3) is 0 Å². The lowest BCUT2D eigenvalue weighted by Crippen LogP contribution is -2.43. The Morgan fingerprint density at radius 3 is 2.86 bits per heavy atom. The van der Waals surface area contributed by atoms with Crippen LogP contribution in [0.2, 0.25) is 0 Å². The third kappa shape index (κ3) is 3.93. The summed E-state index contributed by atoms with van der Waals surface area (Å²) in [7, 11) is 0. The first-order valence-electron chi connectivity index (χ1n) is 5.04. The average Bonchev–Trinajstić information content (AvgIpc) is 2.15. The van der Waals surface area contributed by atoms with Crippen molar-refractivity contribution < 1.29 is 14.6 Å². The first-order chi connectivity index (χ1) is 6.70. The summed E-state index contributed by atoms with van der Waals surface area (Å²) in [5.41, 5.74) is 4.80. The lowest BCUT2D eigenvalue weighted by atomic mass is 9.93. The fourth-order valence-corrected chi connectivity index (χ4v) is 1.75. The van der Waals surface area contributed by atoms with Gasteiger partial charge in [0.1, 0.15) is 6.61 Å². The monoisotopic (exact) mass is 202 g/mol. The standard InChI is InChI=1S/C9H18N2O3/c10-9(13)14-6-5-11-7-3-1-2-4-8(7)12/h7-8,11-12H,1-6H2,(H2,10,13). The Morgan fingerprint density at radius 1 is 1.50 bits per heavy atom. The molecule has 82 valence electrons. The molecule has 1 fully saturated rings. The number of rotatable bonds is 4. The molecular formula is C9H18N2O3. The van der Waals surface area contributed by atoms with Crippen LogP contribution in [0.15, 0.2) is 0 Å². The van der Waals surface area contributed by atoms with Crippen molar-refractivity contribution in [3.63, 3.8) is 0 Å². The fraction of sp³-hybridized carbons (Fsp3) is 0.889. The predicted octanol–water partition coefficient (Wildman–Crippen LogP) is -0.0252. The van der Waals surface area contributed by atoms with Crippen molar-refractivity contribution in [3.05, 3.63) is 0 Å². The Morgan fingerprint density at radius 2 is 2.21 bits per heavy atom. The molecule has 1 amide bonds. The van der Waals surface area contributed by atoms with Crippen LogP contribution in [0.1, 0.15) is 25.7 Å². The van der Waals surface area contributed by atoms with E-state index < -0.39 is 6.09 Å². The highest BCUT2D eigenvalue weighted by molar-refractivity contribution is 5.64. The molecule has 1 aliphatic rings. The minimum atomic E-state index is -0.754. The van der Waals surface area contributed by atoms with Crippen LogP contribution in [0, 0.1) is 0 Å². The van der Waals surface area contributed by atoms with Crippen LogP contribution in [0.3, 0.4) is 0 Å². The van der Waals surface area contributed by atoms with Gasteiger partial charge in [-0.25, -0.2) is 4.79 Å². The molecule has 0 bridgehead atoms. The lowest BCUT2D eigenvalue weighted by molar-refractivity contribution is 0.0865. The number of hydrogen-bond acceptors (Lipinski definition) is 4. The summed E-state index contributed by atoms with van der Waals surface area (Å²) in [4.78, 5) is 10.2. The molecule has 2 unspecified atom stereocenters.